The third kappa shape index (κ3) is 6.29. The normalized spacial score (nSPS) is 19.5. The fraction of sp³-hybridized carbons (Fsp3) is 0.314. The number of aromatic carboxylic acids is 1. The smallest absolute Gasteiger partial charge is 0.339 e. The van der Waals surface area contributed by atoms with Crippen LogP contribution < -0.4 is 21.3 Å². The minimum absolute atomic E-state index is 0.0357. The van der Waals surface area contributed by atoms with Gasteiger partial charge in [-0.2, -0.15) is 5.10 Å². The van der Waals surface area contributed by atoms with Gasteiger partial charge in [0.1, 0.15) is 11.3 Å². The van der Waals surface area contributed by atoms with Gasteiger partial charge in [0.25, 0.3) is 0 Å². The van der Waals surface area contributed by atoms with Crippen molar-refractivity contribution in [1.29, 1.82) is 0 Å². The van der Waals surface area contributed by atoms with Crippen molar-refractivity contribution < 1.29 is 14.6 Å². The molecule has 8 nitrogen and oxygen atoms in total. The highest BCUT2D eigenvalue weighted by atomic mass is 16.5. The van der Waals surface area contributed by atoms with E-state index >= 15 is 0 Å². The molecule has 0 amide bonds. The lowest BCUT2D eigenvalue weighted by Crippen LogP contribution is -2.26. The lowest BCUT2D eigenvalue weighted by Gasteiger charge is -2.28. The van der Waals surface area contributed by atoms with Crippen molar-refractivity contribution in [2.75, 3.05) is 5.01 Å². The lowest BCUT2D eigenvalue weighted by atomic mass is 9.86. The summed E-state index contributed by atoms with van der Waals surface area (Å²) in [5.74, 6) is 6.56. The van der Waals surface area contributed by atoms with Crippen LogP contribution in [0.15, 0.2) is 97.0 Å². The maximum absolute atomic E-state index is 12.2. The number of anilines is 1. The van der Waals surface area contributed by atoms with Gasteiger partial charge in [0.2, 0.25) is 0 Å². The van der Waals surface area contributed by atoms with E-state index < -0.39 is 5.97 Å². The first-order valence-corrected chi connectivity index (χ1v) is 15.1. The molecule has 8 heteroatoms. The zero-order chi connectivity index (χ0) is 29.9. The van der Waals surface area contributed by atoms with Crippen LogP contribution in [0.4, 0.5) is 5.69 Å². The maximum atomic E-state index is 12.2. The summed E-state index contributed by atoms with van der Waals surface area (Å²) in [6.07, 6.45) is 10.4. The number of nitrogens with two attached hydrogens (primary N) is 2. The first kappa shape index (κ1) is 28.6. The average molecular weight is 578 g/mol. The molecule has 3 aromatic carbocycles. The molecule has 2 aliphatic rings. The summed E-state index contributed by atoms with van der Waals surface area (Å²) in [7, 11) is 0. The molecule has 0 aliphatic heterocycles. The standard InChI is InChI=1S/C35H39N5O3/c1-23(24-10-4-2-5-11-24)43-29-17-9-13-26(19-29)25-12-8-16-28(18-25)40-34(32(21-38-40)35(41)42)31-20-30(31)33(36)22-39(37)27-14-6-3-7-15-27/h3,6-9,12-19,21-24,30-31H,2,4-5,10-11,20,36-37H2,1H3,(H,41,42)/b33-22-/t23?,30?,31-/m1/s1. The molecule has 4 aromatic rings. The van der Waals surface area contributed by atoms with E-state index in [0.717, 1.165) is 34.7 Å². The van der Waals surface area contributed by atoms with E-state index in [1.807, 2.05) is 60.7 Å². The number of hydrogen-bond acceptors (Lipinski definition) is 6. The second-order valence-electron chi connectivity index (χ2n) is 11.8. The first-order valence-electron chi connectivity index (χ1n) is 15.1. The molecule has 5 N–H and O–H groups in total. The summed E-state index contributed by atoms with van der Waals surface area (Å²) in [5.41, 5.74) is 11.5. The molecular formula is C35H39N5O3. The Morgan fingerprint density at radius 3 is 2.49 bits per heavy atom. The molecule has 2 aliphatic carbocycles. The van der Waals surface area contributed by atoms with Gasteiger partial charge in [-0.1, -0.05) is 61.7 Å². The fourth-order valence-electron chi connectivity index (χ4n) is 6.36. The summed E-state index contributed by atoms with van der Waals surface area (Å²) in [4.78, 5) is 12.2. The summed E-state index contributed by atoms with van der Waals surface area (Å²) in [6, 6.07) is 25.7. The van der Waals surface area contributed by atoms with Crippen LogP contribution in [-0.4, -0.2) is 27.0 Å². The highest BCUT2D eigenvalue weighted by Crippen LogP contribution is 2.52. The van der Waals surface area contributed by atoms with Crippen molar-refractivity contribution in [3.05, 3.63) is 108 Å². The highest BCUT2D eigenvalue weighted by Gasteiger charge is 2.45. The van der Waals surface area contributed by atoms with E-state index in [4.69, 9.17) is 16.3 Å². The second kappa shape index (κ2) is 12.4. The Labute approximate surface area is 252 Å². The van der Waals surface area contributed by atoms with E-state index in [1.54, 1.807) is 10.9 Å². The number of ether oxygens (including phenoxy) is 1. The molecular weight excluding hydrogens is 538 g/mol. The molecule has 2 unspecified atom stereocenters. The molecule has 0 spiro atoms. The molecule has 3 atom stereocenters. The van der Waals surface area contributed by atoms with Gasteiger partial charge in [0.05, 0.1) is 29.4 Å². The molecule has 0 bridgehead atoms. The molecule has 2 fully saturated rings. The summed E-state index contributed by atoms with van der Waals surface area (Å²) in [5, 5.41) is 16.0. The summed E-state index contributed by atoms with van der Waals surface area (Å²) < 4.78 is 8.14. The van der Waals surface area contributed by atoms with Crippen molar-refractivity contribution >= 4 is 11.7 Å². The van der Waals surface area contributed by atoms with E-state index in [-0.39, 0.29) is 23.5 Å². The lowest BCUT2D eigenvalue weighted by molar-refractivity contribution is 0.0695. The number of para-hydroxylation sites is 1. The Hall–Kier alpha value is -4.56. The molecule has 1 heterocycles. The van der Waals surface area contributed by atoms with Gasteiger partial charge in [-0.3, -0.25) is 5.01 Å². The van der Waals surface area contributed by atoms with Crippen LogP contribution in [-0.2, 0) is 0 Å². The van der Waals surface area contributed by atoms with Gasteiger partial charge >= 0.3 is 5.97 Å². The van der Waals surface area contributed by atoms with Crippen molar-refractivity contribution in [2.45, 2.75) is 57.5 Å². The fourth-order valence-corrected chi connectivity index (χ4v) is 6.36. The van der Waals surface area contributed by atoms with Gasteiger partial charge in [0.15, 0.2) is 0 Å². The quantitative estimate of drug-likeness (QED) is 0.139. The van der Waals surface area contributed by atoms with Gasteiger partial charge in [-0.05, 0) is 79.6 Å². The molecule has 0 radical (unpaired) electrons. The Morgan fingerprint density at radius 1 is 1.02 bits per heavy atom. The predicted octanol–water partition coefficient (Wildman–Crippen LogP) is 6.87. The average Bonchev–Trinajstić information content (AvgIpc) is 3.71. The van der Waals surface area contributed by atoms with Crippen LogP contribution in [0.3, 0.4) is 0 Å². The number of allylic oxidation sites excluding steroid dienone is 1. The van der Waals surface area contributed by atoms with Crippen LogP contribution >= 0.6 is 0 Å². The summed E-state index contributed by atoms with van der Waals surface area (Å²) in [6.45, 7) is 2.18. The van der Waals surface area contributed by atoms with Gasteiger partial charge in [-0.25, -0.2) is 15.3 Å². The number of hydrazine groups is 1. The largest absolute Gasteiger partial charge is 0.490 e. The van der Waals surface area contributed by atoms with Crippen LogP contribution in [0.25, 0.3) is 16.8 Å². The number of carboxylic acid groups (broad SMARTS) is 1. The molecule has 43 heavy (non-hydrogen) atoms. The minimum atomic E-state index is -1.01. The van der Waals surface area contributed by atoms with Crippen LogP contribution in [0.2, 0.25) is 0 Å². The van der Waals surface area contributed by atoms with Crippen LogP contribution in [0.1, 0.15) is 67.4 Å². The van der Waals surface area contributed by atoms with Gasteiger partial charge in [-0.15, -0.1) is 0 Å². The Balaban J connectivity index is 1.24. The molecule has 1 aromatic heterocycles. The molecule has 0 saturated heterocycles. The van der Waals surface area contributed by atoms with Crippen molar-refractivity contribution in [2.24, 2.45) is 23.4 Å². The van der Waals surface area contributed by atoms with E-state index in [0.29, 0.717) is 17.3 Å². The highest BCUT2D eigenvalue weighted by molar-refractivity contribution is 5.89. The zero-order valence-electron chi connectivity index (χ0n) is 24.5. The first-order chi connectivity index (χ1) is 20.9. The maximum Gasteiger partial charge on any atom is 0.339 e. The van der Waals surface area contributed by atoms with Crippen LogP contribution in [0.5, 0.6) is 5.75 Å². The number of rotatable bonds is 10. The zero-order valence-corrected chi connectivity index (χ0v) is 24.5. The summed E-state index contributed by atoms with van der Waals surface area (Å²) >= 11 is 0. The van der Waals surface area contributed by atoms with E-state index in [1.165, 1.54) is 43.3 Å². The number of hydrogen-bond donors (Lipinski definition) is 3. The van der Waals surface area contributed by atoms with Crippen molar-refractivity contribution in [3.8, 4) is 22.6 Å². The van der Waals surface area contributed by atoms with Crippen molar-refractivity contribution in [3.63, 3.8) is 0 Å². The molecule has 222 valence electrons. The van der Waals surface area contributed by atoms with Crippen molar-refractivity contribution in [1.82, 2.24) is 9.78 Å². The number of aromatic nitrogens is 2. The number of carbonyl (C=O) groups is 1. The molecule has 2 saturated carbocycles. The number of benzene rings is 3. The Morgan fingerprint density at radius 2 is 1.74 bits per heavy atom. The third-order valence-electron chi connectivity index (χ3n) is 8.84. The van der Waals surface area contributed by atoms with E-state index in [9.17, 15) is 9.90 Å². The van der Waals surface area contributed by atoms with E-state index in [2.05, 4.69) is 30.2 Å². The SMILES string of the molecule is CC(Oc1cccc(-c2cccc(-n3ncc(C(=O)O)c3[C@@H]3CC3/C(N)=C/N(N)c3ccccc3)c2)c1)C1CCCCC1. The third-order valence-corrected chi connectivity index (χ3v) is 8.84. The minimum Gasteiger partial charge on any atom is -0.490 e. The Kier molecular flexibility index (Phi) is 8.20. The monoisotopic (exact) mass is 577 g/mol. The topological polar surface area (TPSA) is 120 Å². The predicted molar refractivity (Wildman–Crippen MR) is 169 cm³/mol. The number of carboxylic acids is 1. The van der Waals surface area contributed by atoms with Crippen LogP contribution in [0, 0.1) is 11.8 Å². The molecule has 6 rings (SSSR count). The van der Waals surface area contributed by atoms with Gasteiger partial charge < -0.3 is 15.6 Å². The second-order valence-corrected chi connectivity index (χ2v) is 11.8. The van der Waals surface area contributed by atoms with Gasteiger partial charge in [0, 0.05) is 23.7 Å². The number of nitrogens with zero attached hydrogens (tertiary/aromatic N) is 3. The Bertz CT molecular complexity index is 1610.